The van der Waals surface area contributed by atoms with E-state index in [2.05, 4.69) is 0 Å². The van der Waals surface area contributed by atoms with Crippen LogP contribution in [0.4, 0.5) is 0 Å². The monoisotopic (exact) mass is 254 g/mol. The highest BCUT2D eigenvalue weighted by atomic mass is 16.5. The van der Waals surface area contributed by atoms with Gasteiger partial charge in [-0.25, -0.2) is 0 Å². The number of phenolic OH excluding ortho intramolecular Hbond substituents is 2. The van der Waals surface area contributed by atoms with E-state index in [-0.39, 0.29) is 29.6 Å². The van der Waals surface area contributed by atoms with Crippen LogP contribution in [0.15, 0.2) is 12.1 Å². The first-order chi connectivity index (χ1) is 8.58. The Balaban J connectivity index is 2.67. The Bertz CT molecular complexity index is 414. The Kier molecular flexibility index (Phi) is 5.30. The van der Waals surface area contributed by atoms with Crippen molar-refractivity contribution in [2.24, 2.45) is 0 Å². The Hall–Kier alpha value is -1.91. The molecule has 2 N–H and O–H groups in total. The molecule has 18 heavy (non-hydrogen) atoms. The average molecular weight is 254 g/mol. The fraction of sp³-hybridized carbons (Fsp3) is 0.462. The van der Waals surface area contributed by atoms with Crippen LogP contribution < -0.4 is 4.74 Å². The number of carbonyl (C=O) groups is 1. The summed E-state index contributed by atoms with van der Waals surface area (Å²) in [5.41, 5.74) is 0.531. The van der Waals surface area contributed by atoms with Crippen LogP contribution in [-0.2, 0) is 16.0 Å². The summed E-state index contributed by atoms with van der Waals surface area (Å²) in [6, 6.07) is 2.81. The Morgan fingerprint density at radius 1 is 1.33 bits per heavy atom. The molecule has 5 heteroatoms. The SMILES string of the molecule is CCCCOC(=O)Cc1cc(O)c(O)c(OC)c1. The van der Waals surface area contributed by atoms with Gasteiger partial charge in [-0.2, -0.15) is 0 Å². The fourth-order valence-corrected chi connectivity index (χ4v) is 1.45. The minimum absolute atomic E-state index is 0.0356. The molecule has 0 fully saturated rings. The molecule has 1 aromatic carbocycles. The van der Waals surface area contributed by atoms with E-state index in [1.165, 1.54) is 19.2 Å². The number of esters is 1. The summed E-state index contributed by atoms with van der Waals surface area (Å²) < 4.78 is 9.89. The van der Waals surface area contributed by atoms with Gasteiger partial charge in [0.25, 0.3) is 0 Å². The molecule has 0 radical (unpaired) electrons. The molecule has 0 amide bonds. The van der Waals surface area contributed by atoms with Crippen LogP contribution in [0.2, 0.25) is 0 Å². The topological polar surface area (TPSA) is 76.0 Å². The quantitative estimate of drug-likeness (QED) is 0.461. The van der Waals surface area contributed by atoms with Crippen molar-refractivity contribution in [3.05, 3.63) is 17.7 Å². The van der Waals surface area contributed by atoms with E-state index < -0.39 is 0 Å². The van der Waals surface area contributed by atoms with E-state index in [0.29, 0.717) is 12.2 Å². The van der Waals surface area contributed by atoms with Gasteiger partial charge in [0.15, 0.2) is 11.5 Å². The second-order valence-corrected chi connectivity index (χ2v) is 3.92. The molecule has 0 saturated carbocycles. The molecule has 0 unspecified atom stereocenters. The zero-order valence-corrected chi connectivity index (χ0v) is 10.6. The van der Waals surface area contributed by atoms with Crippen molar-refractivity contribution in [2.45, 2.75) is 26.2 Å². The molecule has 0 saturated heterocycles. The summed E-state index contributed by atoms with van der Waals surface area (Å²) in [6.45, 7) is 2.41. The van der Waals surface area contributed by atoms with Crippen molar-refractivity contribution in [3.8, 4) is 17.2 Å². The number of rotatable bonds is 6. The highest BCUT2D eigenvalue weighted by Crippen LogP contribution is 2.36. The molecule has 0 heterocycles. The first-order valence-corrected chi connectivity index (χ1v) is 5.83. The lowest BCUT2D eigenvalue weighted by Crippen LogP contribution is -2.09. The third-order valence-corrected chi connectivity index (χ3v) is 2.44. The van der Waals surface area contributed by atoms with E-state index in [0.717, 1.165) is 12.8 Å². The molecule has 5 nitrogen and oxygen atoms in total. The number of benzene rings is 1. The van der Waals surface area contributed by atoms with Crippen molar-refractivity contribution >= 4 is 5.97 Å². The van der Waals surface area contributed by atoms with Crippen LogP contribution in [0.25, 0.3) is 0 Å². The fourth-order valence-electron chi connectivity index (χ4n) is 1.45. The smallest absolute Gasteiger partial charge is 0.310 e. The maximum absolute atomic E-state index is 11.5. The van der Waals surface area contributed by atoms with Crippen LogP contribution >= 0.6 is 0 Å². The second-order valence-electron chi connectivity index (χ2n) is 3.92. The lowest BCUT2D eigenvalue weighted by atomic mass is 10.1. The van der Waals surface area contributed by atoms with Crippen molar-refractivity contribution in [1.82, 2.24) is 0 Å². The van der Waals surface area contributed by atoms with Gasteiger partial charge in [0.1, 0.15) is 0 Å². The van der Waals surface area contributed by atoms with Crippen LogP contribution in [0, 0.1) is 0 Å². The molecule has 0 bridgehead atoms. The van der Waals surface area contributed by atoms with Gasteiger partial charge in [0, 0.05) is 0 Å². The summed E-state index contributed by atoms with van der Waals surface area (Å²) in [4.78, 5) is 11.5. The normalized spacial score (nSPS) is 10.1. The van der Waals surface area contributed by atoms with Gasteiger partial charge in [0.2, 0.25) is 5.75 Å². The van der Waals surface area contributed by atoms with E-state index >= 15 is 0 Å². The average Bonchev–Trinajstić information content (AvgIpc) is 2.34. The second kappa shape index (κ2) is 6.74. The molecular weight excluding hydrogens is 236 g/mol. The van der Waals surface area contributed by atoms with Crippen molar-refractivity contribution in [1.29, 1.82) is 0 Å². The molecule has 1 rings (SSSR count). The number of hydrogen-bond acceptors (Lipinski definition) is 5. The van der Waals surface area contributed by atoms with Crippen LogP contribution in [0.5, 0.6) is 17.2 Å². The van der Waals surface area contributed by atoms with Crippen LogP contribution in [0.1, 0.15) is 25.3 Å². The molecule has 0 aromatic heterocycles. The molecule has 100 valence electrons. The van der Waals surface area contributed by atoms with Crippen LogP contribution in [-0.4, -0.2) is 29.9 Å². The van der Waals surface area contributed by atoms with E-state index in [9.17, 15) is 15.0 Å². The maximum Gasteiger partial charge on any atom is 0.310 e. The number of unbranched alkanes of at least 4 members (excludes halogenated alkanes) is 1. The maximum atomic E-state index is 11.5. The third-order valence-electron chi connectivity index (χ3n) is 2.44. The number of ether oxygens (including phenoxy) is 2. The highest BCUT2D eigenvalue weighted by molar-refractivity contribution is 5.73. The third kappa shape index (κ3) is 3.84. The molecule has 1 aromatic rings. The number of carbonyl (C=O) groups excluding carboxylic acids is 1. The van der Waals surface area contributed by atoms with E-state index in [4.69, 9.17) is 9.47 Å². The predicted molar refractivity (Wildman–Crippen MR) is 65.9 cm³/mol. The van der Waals surface area contributed by atoms with Gasteiger partial charge in [-0.05, 0) is 24.1 Å². The molecule has 0 aliphatic carbocycles. The molecule has 0 atom stereocenters. The van der Waals surface area contributed by atoms with Crippen molar-refractivity contribution < 1.29 is 24.5 Å². The minimum atomic E-state index is -0.365. The highest BCUT2D eigenvalue weighted by Gasteiger charge is 2.12. The largest absolute Gasteiger partial charge is 0.504 e. The summed E-state index contributed by atoms with van der Waals surface area (Å²) in [5.74, 6) is -0.881. The summed E-state index contributed by atoms with van der Waals surface area (Å²) in [7, 11) is 1.37. The van der Waals surface area contributed by atoms with Crippen molar-refractivity contribution in [2.75, 3.05) is 13.7 Å². The van der Waals surface area contributed by atoms with Gasteiger partial charge < -0.3 is 19.7 Å². The van der Waals surface area contributed by atoms with Gasteiger partial charge in [-0.3, -0.25) is 4.79 Å². The number of aromatic hydroxyl groups is 2. The molecule has 0 spiro atoms. The zero-order valence-electron chi connectivity index (χ0n) is 10.6. The molecule has 0 aliphatic heterocycles. The lowest BCUT2D eigenvalue weighted by Gasteiger charge is -2.08. The van der Waals surface area contributed by atoms with Crippen LogP contribution in [0.3, 0.4) is 0 Å². The molecule has 0 aliphatic rings. The first kappa shape index (κ1) is 14.2. The van der Waals surface area contributed by atoms with Gasteiger partial charge in [-0.15, -0.1) is 0 Å². The van der Waals surface area contributed by atoms with Gasteiger partial charge in [-0.1, -0.05) is 13.3 Å². The number of methoxy groups -OCH3 is 1. The zero-order chi connectivity index (χ0) is 13.5. The Morgan fingerprint density at radius 3 is 2.67 bits per heavy atom. The standard InChI is InChI=1S/C13H18O5/c1-3-4-5-18-12(15)8-9-6-10(14)13(16)11(7-9)17-2/h6-7,14,16H,3-5,8H2,1-2H3. The minimum Gasteiger partial charge on any atom is -0.504 e. The number of phenols is 2. The predicted octanol–water partition coefficient (Wildman–Crippen LogP) is 1.99. The van der Waals surface area contributed by atoms with Crippen molar-refractivity contribution in [3.63, 3.8) is 0 Å². The molecular formula is C13H18O5. The Morgan fingerprint density at radius 2 is 2.06 bits per heavy atom. The lowest BCUT2D eigenvalue weighted by molar-refractivity contribution is -0.142. The Labute approximate surface area is 106 Å². The van der Waals surface area contributed by atoms with E-state index in [1.807, 2.05) is 6.92 Å². The van der Waals surface area contributed by atoms with Gasteiger partial charge >= 0.3 is 5.97 Å². The summed E-state index contributed by atoms with van der Waals surface area (Å²) in [5, 5.41) is 18.9. The summed E-state index contributed by atoms with van der Waals surface area (Å²) in [6.07, 6.45) is 1.82. The first-order valence-electron chi connectivity index (χ1n) is 5.83. The van der Waals surface area contributed by atoms with Gasteiger partial charge in [0.05, 0.1) is 20.1 Å². The summed E-state index contributed by atoms with van der Waals surface area (Å²) >= 11 is 0. The van der Waals surface area contributed by atoms with E-state index in [1.54, 1.807) is 0 Å². The number of hydrogen-bond donors (Lipinski definition) is 2.